The van der Waals surface area contributed by atoms with Crippen LogP contribution in [0.15, 0.2) is 29.8 Å². The molecule has 0 aromatic heterocycles. The highest BCUT2D eigenvalue weighted by Gasteiger charge is 2.19. The van der Waals surface area contributed by atoms with Gasteiger partial charge in [-0.05, 0) is 18.6 Å². The molecular weight excluding hydrogens is 312 g/mol. The predicted octanol–water partition coefficient (Wildman–Crippen LogP) is 1.63. The number of nitrogens with one attached hydrogen (secondary N) is 2. The summed E-state index contributed by atoms with van der Waals surface area (Å²) in [6.45, 7) is 2.03. The number of imide groups is 1. The molecule has 0 unspecified atom stereocenters. The molecule has 3 amide bonds. The monoisotopic (exact) mass is 332 g/mol. The maximum absolute atomic E-state index is 12.0. The van der Waals surface area contributed by atoms with E-state index in [1.165, 1.54) is 0 Å². The van der Waals surface area contributed by atoms with Crippen molar-refractivity contribution in [2.75, 3.05) is 19.8 Å². The molecule has 0 saturated heterocycles. The van der Waals surface area contributed by atoms with Gasteiger partial charge in [-0.1, -0.05) is 31.5 Å². The van der Waals surface area contributed by atoms with Crippen LogP contribution < -0.4 is 15.4 Å². The van der Waals surface area contributed by atoms with Crippen molar-refractivity contribution in [2.24, 2.45) is 0 Å². The van der Waals surface area contributed by atoms with Gasteiger partial charge in [0, 0.05) is 12.1 Å². The molecule has 0 aliphatic carbocycles. The van der Waals surface area contributed by atoms with E-state index >= 15 is 0 Å². The maximum Gasteiger partial charge on any atom is 0.338 e. The molecule has 128 valence electrons. The van der Waals surface area contributed by atoms with Gasteiger partial charge < -0.3 is 14.8 Å². The van der Waals surface area contributed by atoms with E-state index < -0.39 is 24.5 Å². The molecule has 1 aliphatic rings. The highest BCUT2D eigenvalue weighted by atomic mass is 16.5. The Morgan fingerprint density at radius 3 is 2.83 bits per heavy atom. The average Bonchev–Trinajstić information content (AvgIpc) is 2.59. The lowest BCUT2D eigenvalue weighted by Crippen LogP contribution is -2.41. The van der Waals surface area contributed by atoms with Crippen molar-refractivity contribution >= 4 is 24.0 Å². The Morgan fingerprint density at radius 2 is 2.04 bits per heavy atom. The topological polar surface area (TPSA) is 93.7 Å². The molecule has 2 N–H and O–H groups in total. The zero-order chi connectivity index (χ0) is 17.4. The highest BCUT2D eigenvalue weighted by Crippen LogP contribution is 2.25. The number of amides is 3. The normalized spacial score (nSPS) is 12.3. The van der Waals surface area contributed by atoms with E-state index in [9.17, 15) is 14.4 Å². The van der Waals surface area contributed by atoms with E-state index in [1.807, 2.05) is 25.1 Å². The fourth-order valence-corrected chi connectivity index (χ4v) is 2.04. The number of hydrogen-bond acceptors (Lipinski definition) is 5. The second kappa shape index (κ2) is 8.71. The van der Waals surface area contributed by atoms with Crippen LogP contribution in [-0.2, 0) is 14.3 Å². The van der Waals surface area contributed by atoms with Crippen LogP contribution in [0.4, 0.5) is 4.79 Å². The number of urea groups is 1. The van der Waals surface area contributed by atoms with Crippen LogP contribution in [0.3, 0.4) is 0 Å². The Hall–Kier alpha value is -2.83. The fraction of sp³-hybridized carbons (Fsp3) is 0.353. The largest absolute Gasteiger partial charge is 0.488 e. The molecule has 0 bridgehead atoms. The summed E-state index contributed by atoms with van der Waals surface area (Å²) < 4.78 is 10.4. The van der Waals surface area contributed by atoms with Crippen LogP contribution in [0.1, 0.15) is 25.3 Å². The third-order valence-electron chi connectivity index (χ3n) is 3.30. The summed E-state index contributed by atoms with van der Waals surface area (Å²) in [7, 11) is 0. The summed E-state index contributed by atoms with van der Waals surface area (Å²) in [5, 5.41) is 4.63. The summed E-state index contributed by atoms with van der Waals surface area (Å²) in [5.41, 5.74) is 1.09. The number of benzene rings is 1. The summed E-state index contributed by atoms with van der Waals surface area (Å²) in [5.74, 6) is -0.642. The average molecular weight is 332 g/mol. The Bertz CT molecular complexity index is 654. The van der Waals surface area contributed by atoms with Gasteiger partial charge in [-0.15, -0.1) is 0 Å². The van der Waals surface area contributed by atoms with Crippen molar-refractivity contribution in [1.82, 2.24) is 10.6 Å². The summed E-state index contributed by atoms with van der Waals surface area (Å²) in [6, 6.07) is 6.69. The molecule has 0 fully saturated rings. The predicted molar refractivity (Wildman–Crippen MR) is 87.3 cm³/mol. The van der Waals surface area contributed by atoms with Crippen LogP contribution in [0.2, 0.25) is 0 Å². The number of para-hydroxylation sites is 1. The highest BCUT2D eigenvalue weighted by molar-refractivity contribution is 5.98. The van der Waals surface area contributed by atoms with Crippen LogP contribution in [0.25, 0.3) is 6.08 Å². The van der Waals surface area contributed by atoms with Crippen molar-refractivity contribution in [3.05, 3.63) is 35.4 Å². The number of fused-ring (bicyclic) bond motifs is 1. The molecule has 0 spiro atoms. The van der Waals surface area contributed by atoms with Gasteiger partial charge in [-0.3, -0.25) is 10.1 Å². The Kier molecular flexibility index (Phi) is 6.36. The van der Waals surface area contributed by atoms with E-state index in [0.717, 1.165) is 18.4 Å². The minimum atomic E-state index is -0.685. The molecule has 0 atom stereocenters. The first-order valence-corrected chi connectivity index (χ1v) is 7.77. The van der Waals surface area contributed by atoms with Crippen molar-refractivity contribution in [3.63, 3.8) is 0 Å². The number of ether oxygens (including phenoxy) is 2. The molecule has 1 aromatic rings. The van der Waals surface area contributed by atoms with Crippen LogP contribution in [0.5, 0.6) is 5.75 Å². The maximum atomic E-state index is 12.0. The Balaban J connectivity index is 1.78. The number of carbonyl (C=O) groups is 3. The van der Waals surface area contributed by atoms with Gasteiger partial charge in [0.15, 0.2) is 6.61 Å². The lowest BCUT2D eigenvalue weighted by molar-refractivity contribution is -0.144. The van der Waals surface area contributed by atoms with Gasteiger partial charge in [0.05, 0.1) is 5.57 Å². The third-order valence-corrected chi connectivity index (χ3v) is 3.30. The number of rotatable bonds is 6. The van der Waals surface area contributed by atoms with Gasteiger partial charge >= 0.3 is 12.0 Å². The summed E-state index contributed by atoms with van der Waals surface area (Å²) in [6.07, 6.45) is 3.43. The fourth-order valence-electron chi connectivity index (χ4n) is 2.04. The molecule has 7 heteroatoms. The standard InChI is InChI=1S/C17H20N2O5/c1-2-3-8-18-17(22)19-15(20)11-24-16(21)13-9-12-6-4-5-7-14(12)23-10-13/h4-7,9H,2-3,8,10-11H2,1H3,(H2,18,19,20,22). The van der Waals surface area contributed by atoms with Gasteiger partial charge in [0.25, 0.3) is 5.91 Å². The molecular formula is C17H20N2O5. The molecule has 7 nitrogen and oxygen atoms in total. The quantitative estimate of drug-likeness (QED) is 0.610. The van der Waals surface area contributed by atoms with Crippen molar-refractivity contribution in [1.29, 1.82) is 0 Å². The molecule has 2 rings (SSSR count). The number of unbranched alkanes of at least 4 members (excludes halogenated alkanes) is 1. The van der Waals surface area contributed by atoms with Crippen LogP contribution in [-0.4, -0.2) is 37.7 Å². The van der Waals surface area contributed by atoms with Crippen molar-refractivity contribution in [3.8, 4) is 5.75 Å². The summed E-state index contributed by atoms with van der Waals surface area (Å²) >= 11 is 0. The SMILES string of the molecule is CCCCNC(=O)NC(=O)COC(=O)C1=Cc2ccccc2OC1. The van der Waals surface area contributed by atoms with E-state index in [4.69, 9.17) is 9.47 Å². The first kappa shape index (κ1) is 17.5. The first-order valence-electron chi connectivity index (χ1n) is 7.77. The molecule has 1 heterocycles. The van der Waals surface area contributed by atoms with Gasteiger partial charge in [-0.25, -0.2) is 9.59 Å². The second-order valence-electron chi connectivity index (χ2n) is 5.23. The molecule has 0 radical (unpaired) electrons. The number of hydrogen-bond donors (Lipinski definition) is 2. The van der Waals surface area contributed by atoms with Crippen LogP contribution >= 0.6 is 0 Å². The number of esters is 1. The zero-order valence-electron chi connectivity index (χ0n) is 13.5. The summed E-state index contributed by atoms with van der Waals surface area (Å²) in [4.78, 5) is 34.9. The van der Waals surface area contributed by atoms with Crippen molar-refractivity contribution < 1.29 is 23.9 Å². The minimum Gasteiger partial charge on any atom is -0.488 e. The Morgan fingerprint density at radius 1 is 1.25 bits per heavy atom. The minimum absolute atomic E-state index is 0.0783. The van der Waals surface area contributed by atoms with E-state index in [1.54, 1.807) is 12.1 Å². The smallest absolute Gasteiger partial charge is 0.338 e. The number of carbonyl (C=O) groups excluding carboxylic acids is 3. The van der Waals surface area contributed by atoms with Gasteiger partial charge in [-0.2, -0.15) is 0 Å². The molecule has 1 aromatic carbocycles. The van der Waals surface area contributed by atoms with E-state index in [2.05, 4.69) is 10.6 Å². The lowest BCUT2D eigenvalue weighted by atomic mass is 10.1. The molecule has 0 saturated carbocycles. The Labute approximate surface area is 140 Å². The first-order chi connectivity index (χ1) is 11.6. The zero-order valence-corrected chi connectivity index (χ0v) is 13.5. The van der Waals surface area contributed by atoms with Crippen molar-refractivity contribution in [2.45, 2.75) is 19.8 Å². The lowest BCUT2D eigenvalue weighted by Gasteiger charge is -2.16. The second-order valence-corrected chi connectivity index (χ2v) is 5.23. The van der Waals surface area contributed by atoms with Gasteiger partial charge in [0.2, 0.25) is 0 Å². The van der Waals surface area contributed by atoms with Gasteiger partial charge in [0.1, 0.15) is 12.4 Å². The van der Waals surface area contributed by atoms with Crippen LogP contribution in [0, 0.1) is 0 Å². The molecule has 1 aliphatic heterocycles. The van der Waals surface area contributed by atoms with E-state index in [0.29, 0.717) is 17.9 Å². The third kappa shape index (κ3) is 5.12. The van der Waals surface area contributed by atoms with E-state index in [-0.39, 0.29) is 6.61 Å². The molecule has 24 heavy (non-hydrogen) atoms.